The molecule has 0 aliphatic rings. The predicted octanol–water partition coefficient (Wildman–Crippen LogP) is -2.51. The summed E-state index contributed by atoms with van der Waals surface area (Å²) >= 11 is 0. The minimum Gasteiger partial charge on any atom is -0.863 e. The Kier molecular flexibility index (Phi) is 5.74. The summed E-state index contributed by atoms with van der Waals surface area (Å²) in [4.78, 5) is 27.5. The van der Waals surface area contributed by atoms with Crippen molar-refractivity contribution < 1.29 is 78.1 Å². The molecule has 0 aliphatic carbocycles. The molecule has 0 heterocycles. The van der Waals surface area contributed by atoms with Gasteiger partial charge in [0.1, 0.15) is 0 Å². The normalized spacial score (nSPS) is 9.18. The third-order valence-electron chi connectivity index (χ3n) is 1.64. The second kappa shape index (κ2) is 6.09. The Bertz CT molecular complexity index is 467. The SMILES string of the molecule is O=[N+]([O-])c1cc([N+](=O)[O-])c([O-])c([N+](=O)[O-])c1.[Rb+]. The zero-order valence-electron chi connectivity index (χ0n) is 8.35. The van der Waals surface area contributed by atoms with Crippen molar-refractivity contribution in [3.8, 4) is 5.75 Å². The van der Waals surface area contributed by atoms with Gasteiger partial charge in [0.2, 0.25) is 0 Å². The number of hydrogen-bond acceptors (Lipinski definition) is 7. The summed E-state index contributed by atoms with van der Waals surface area (Å²) < 4.78 is 0. The number of benzene rings is 1. The van der Waals surface area contributed by atoms with E-state index < -0.39 is 37.6 Å². The zero-order valence-corrected chi connectivity index (χ0v) is 13.3. The molecule has 0 aromatic heterocycles. The van der Waals surface area contributed by atoms with E-state index in [1.165, 1.54) is 0 Å². The average Bonchev–Trinajstić information content (AvgIpc) is 2.16. The molecule has 0 spiro atoms. The summed E-state index contributed by atoms with van der Waals surface area (Å²) in [6, 6.07) is 0.769. The van der Waals surface area contributed by atoms with Crippen LogP contribution in [0.4, 0.5) is 17.1 Å². The second-order valence-electron chi connectivity index (χ2n) is 2.58. The van der Waals surface area contributed by atoms with Crippen molar-refractivity contribution in [1.29, 1.82) is 0 Å². The van der Waals surface area contributed by atoms with Crippen LogP contribution >= 0.6 is 0 Å². The third kappa shape index (κ3) is 3.49. The van der Waals surface area contributed by atoms with E-state index in [0.29, 0.717) is 12.1 Å². The third-order valence-corrected chi connectivity index (χ3v) is 1.64. The van der Waals surface area contributed by atoms with E-state index in [2.05, 4.69) is 0 Å². The summed E-state index contributed by atoms with van der Waals surface area (Å²) in [6.07, 6.45) is 0. The quantitative estimate of drug-likeness (QED) is 0.441. The van der Waals surface area contributed by atoms with Crippen molar-refractivity contribution >= 4 is 17.1 Å². The van der Waals surface area contributed by atoms with Crippen molar-refractivity contribution in [3.63, 3.8) is 0 Å². The Morgan fingerprint density at radius 1 is 0.824 bits per heavy atom. The molecule has 1 aromatic carbocycles. The van der Waals surface area contributed by atoms with Crippen molar-refractivity contribution in [2.24, 2.45) is 0 Å². The average molecular weight is 314 g/mol. The minimum absolute atomic E-state index is 0. The predicted molar refractivity (Wildman–Crippen MR) is 45.9 cm³/mol. The molecule has 1 aromatic rings. The van der Waals surface area contributed by atoms with E-state index in [4.69, 9.17) is 0 Å². The molecule has 0 aliphatic heterocycles. The fourth-order valence-corrected chi connectivity index (χ4v) is 0.961. The molecule has 10 nitrogen and oxygen atoms in total. The van der Waals surface area contributed by atoms with Gasteiger partial charge < -0.3 is 5.11 Å². The van der Waals surface area contributed by atoms with Crippen LogP contribution < -0.4 is 63.3 Å². The van der Waals surface area contributed by atoms with Crippen LogP contribution in [0.3, 0.4) is 0 Å². The number of nitro groups is 3. The monoisotopic (exact) mass is 313 g/mol. The number of nitro benzene ring substituents is 3. The van der Waals surface area contributed by atoms with Gasteiger partial charge in [-0.1, -0.05) is 0 Å². The van der Waals surface area contributed by atoms with Gasteiger partial charge in [0.25, 0.3) is 17.1 Å². The molecular formula is C6H2N3O7Rb. The molecule has 1 rings (SSSR count). The summed E-state index contributed by atoms with van der Waals surface area (Å²) in [6.45, 7) is 0. The molecule has 0 fully saturated rings. The first kappa shape index (κ1) is 16.0. The van der Waals surface area contributed by atoms with E-state index in [1.807, 2.05) is 0 Å². The topological polar surface area (TPSA) is 152 Å². The number of hydrogen-bond donors (Lipinski definition) is 0. The van der Waals surface area contributed by atoms with E-state index in [-0.39, 0.29) is 58.2 Å². The molecule has 0 atom stereocenters. The Balaban J connectivity index is 0.00000256. The number of non-ortho nitro benzene ring substituents is 1. The molecule has 0 radical (unpaired) electrons. The van der Waals surface area contributed by atoms with Crippen LogP contribution in [-0.4, -0.2) is 14.8 Å². The molecule has 0 amide bonds. The van der Waals surface area contributed by atoms with Gasteiger partial charge >= 0.3 is 58.2 Å². The van der Waals surface area contributed by atoms with Gasteiger partial charge in [-0.3, -0.25) is 30.3 Å². The smallest absolute Gasteiger partial charge is 0.863 e. The van der Waals surface area contributed by atoms with Gasteiger partial charge in [0.15, 0.2) is 0 Å². The van der Waals surface area contributed by atoms with Crippen LogP contribution in [0.25, 0.3) is 0 Å². The molecule has 84 valence electrons. The van der Waals surface area contributed by atoms with Crippen LogP contribution in [0, 0.1) is 30.3 Å². The van der Waals surface area contributed by atoms with Crippen molar-refractivity contribution in [2.75, 3.05) is 0 Å². The van der Waals surface area contributed by atoms with Crippen molar-refractivity contribution in [2.45, 2.75) is 0 Å². The first-order chi connectivity index (χ1) is 7.34. The Labute approximate surface area is 141 Å². The van der Waals surface area contributed by atoms with E-state index >= 15 is 0 Å². The summed E-state index contributed by atoms with van der Waals surface area (Å²) in [5, 5.41) is 42.1. The zero-order chi connectivity index (χ0) is 12.5. The maximum absolute atomic E-state index is 11.1. The number of rotatable bonds is 3. The van der Waals surface area contributed by atoms with Crippen LogP contribution in [0.1, 0.15) is 0 Å². The summed E-state index contributed by atoms with van der Waals surface area (Å²) in [5.41, 5.74) is -3.26. The first-order valence-corrected chi connectivity index (χ1v) is 3.63. The van der Waals surface area contributed by atoms with Crippen LogP contribution in [-0.2, 0) is 0 Å². The Morgan fingerprint density at radius 3 is 1.41 bits per heavy atom. The summed E-state index contributed by atoms with van der Waals surface area (Å²) in [5.74, 6) is -1.46. The summed E-state index contributed by atoms with van der Waals surface area (Å²) in [7, 11) is 0. The van der Waals surface area contributed by atoms with Gasteiger partial charge in [-0.2, -0.15) is 0 Å². The molecule has 11 heteroatoms. The maximum Gasteiger partial charge on any atom is 1.00 e. The molecule has 0 bridgehead atoms. The molecular weight excluding hydrogens is 312 g/mol. The second-order valence-corrected chi connectivity index (χ2v) is 2.58. The van der Waals surface area contributed by atoms with Gasteiger partial charge in [-0.05, 0) is 0 Å². The van der Waals surface area contributed by atoms with Crippen LogP contribution in [0.15, 0.2) is 12.1 Å². The first-order valence-electron chi connectivity index (χ1n) is 3.63. The Hall–Kier alpha value is -0.975. The van der Waals surface area contributed by atoms with Gasteiger partial charge in [-0.15, -0.1) is 0 Å². The molecule has 17 heavy (non-hydrogen) atoms. The van der Waals surface area contributed by atoms with E-state index in [1.54, 1.807) is 0 Å². The number of nitrogens with zero attached hydrogens (tertiary/aromatic N) is 3. The van der Waals surface area contributed by atoms with Crippen molar-refractivity contribution in [3.05, 3.63) is 42.5 Å². The van der Waals surface area contributed by atoms with Crippen molar-refractivity contribution in [1.82, 2.24) is 0 Å². The van der Waals surface area contributed by atoms with E-state index in [9.17, 15) is 35.4 Å². The fraction of sp³-hybridized carbons (Fsp3) is 0. The molecule has 0 saturated carbocycles. The molecule has 0 N–H and O–H groups in total. The standard InChI is InChI=1S/C6H3N3O7.Rb/c10-6-4(8(13)14)1-3(7(11)12)2-5(6)9(15)16;/h1-2,10H;/q;+1/p-1. The Morgan fingerprint density at radius 2 is 1.18 bits per heavy atom. The van der Waals surface area contributed by atoms with E-state index in [0.717, 1.165) is 0 Å². The maximum atomic E-state index is 11.1. The van der Waals surface area contributed by atoms with Gasteiger partial charge in [-0.25, -0.2) is 0 Å². The largest absolute Gasteiger partial charge is 1.00 e. The van der Waals surface area contributed by atoms with Crippen LogP contribution in [0.2, 0.25) is 0 Å². The van der Waals surface area contributed by atoms with Gasteiger partial charge in [0.05, 0.1) is 32.7 Å². The van der Waals surface area contributed by atoms with Gasteiger partial charge in [0, 0.05) is 0 Å². The molecule has 0 saturated heterocycles. The minimum atomic E-state index is -1.46. The van der Waals surface area contributed by atoms with Crippen LogP contribution in [0.5, 0.6) is 5.75 Å². The molecule has 0 unspecified atom stereocenters. The fourth-order valence-electron chi connectivity index (χ4n) is 0.961.